The van der Waals surface area contributed by atoms with E-state index in [0.29, 0.717) is 47.0 Å². The van der Waals surface area contributed by atoms with Gasteiger partial charge in [-0.15, -0.1) is 0 Å². The van der Waals surface area contributed by atoms with Crippen LogP contribution in [0.25, 0.3) is 11.5 Å². The number of imide groups is 1. The Hall–Kier alpha value is -4.48. The smallest absolute Gasteiger partial charge is 0.260 e. The van der Waals surface area contributed by atoms with E-state index in [1.807, 2.05) is 6.07 Å². The molecule has 4 amide bonds. The minimum atomic E-state index is -0.671. The number of nitrogens with zero attached hydrogens (tertiary/aromatic N) is 4. The van der Waals surface area contributed by atoms with Gasteiger partial charge in [-0.1, -0.05) is 10.3 Å². The standard InChI is InChI=1S/C28H29N5O7/c1-15-11-21(31-39-15)25-24(16(2)30-40-25)28(37)32-10-4-3-5-18(32)14-38-19-6-7-20-17(12-19)13-33(27(20)36)22-8-9-23(34)29-26(22)35/h6-7,11-12,18,22H,3-5,8-10,13-14H2,1-2H3,(H,29,34,35)/t18-,22?/m0/s1. The fourth-order valence-electron chi connectivity index (χ4n) is 5.69. The molecule has 2 atom stereocenters. The fourth-order valence-corrected chi connectivity index (χ4v) is 5.69. The molecule has 0 bridgehead atoms. The summed E-state index contributed by atoms with van der Waals surface area (Å²) in [7, 11) is 0. The summed E-state index contributed by atoms with van der Waals surface area (Å²) < 4.78 is 16.8. The van der Waals surface area contributed by atoms with Gasteiger partial charge >= 0.3 is 0 Å². The Morgan fingerprint density at radius 2 is 1.95 bits per heavy atom. The van der Waals surface area contributed by atoms with Crippen molar-refractivity contribution in [1.29, 1.82) is 0 Å². The molecule has 5 heterocycles. The van der Waals surface area contributed by atoms with Crippen LogP contribution in [0.5, 0.6) is 5.75 Å². The summed E-state index contributed by atoms with van der Waals surface area (Å²) in [5, 5.41) is 10.3. The number of aromatic nitrogens is 2. The summed E-state index contributed by atoms with van der Waals surface area (Å²) in [6.07, 6.45) is 3.14. The van der Waals surface area contributed by atoms with E-state index >= 15 is 0 Å². The number of rotatable bonds is 6. The van der Waals surface area contributed by atoms with Gasteiger partial charge in [0.2, 0.25) is 17.6 Å². The Balaban J connectivity index is 1.16. The first-order chi connectivity index (χ1) is 19.3. The van der Waals surface area contributed by atoms with Crippen LogP contribution < -0.4 is 10.1 Å². The van der Waals surface area contributed by atoms with Crippen molar-refractivity contribution in [2.24, 2.45) is 0 Å². The Kier molecular flexibility index (Phi) is 6.60. The zero-order valence-corrected chi connectivity index (χ0v) is 22.3. The zero-order chi connectivity index (χ0) is 28.0. The van der Waals surface area contributed by atoms with Crippen molar-refractivity contribution >= 4 is 23.6 Å². The highest BCUT2D eigenvalue weighted by Crippen LogP contribution is 2.32. The number of carbonyl (C=O) groups is 4. The van der Waals surface area contributed by atoms with E-state index in [4.69, 9.17) is 13.8 Å². The Bertz CT molecular complexity index is 1510. The normalized spacial score (nSPS) is 21.0. The maximum atomic E-state index is 13.7. The van der Waals surface area contributed by atoms with Gasteiger partial charge in [0, 0.05) is 31.1 Å². The first-order valence-corrected chi connectivity index (χ1v) is 13.4. The topological polar surface area (TPSA) is 148 Å². The van der Waals surface area contributed by atoms with Crippen LogP contribution >= 0.6 is 0 Å². The molecule has 0 spiro atoms. The van der Waals surface area contributed by atoms with Crippen LogP contribution in [-0.4, -0.2) is 69.0 Å². The van der Waals surface area contributed by atoms with Gasteiger partial charge in [0.05, 0.1) is 11.7 Å². The molecule has 3 aliphatic rings. The molecule has 0 radical (unpaired) electrons. The summed E-state index contributed by atoms with van der Waals surface area (Å²) in [6.45, 7) is 4.61. The van der Waals surface area contributed by atoms with Gasteiger partial charge in [0.15, 0.2) is 5.69 Å². The van der Waals surface area contributed by atoms with E-state index in [9.17, 15) is 19.2 Å². The molecule has 40 heavy (non-hydrogen) atoms. The maximum Gasteiger partial charge on any atom is 0.260 e. The lowest BCUT2D eigenvalue weighted by atomic mass is 10.0. The van der Waals surface area contributed by atoms with Crippen molar-refractivity contribution in [2.75, 3.05) is 13.2 Å². The van der Waals surface area contributed by atoms with Gasteiger partial charge in [-0.05, 0) is 63.3 Å². The Morgan fingerprint density at radius 3 is 2.73 bits per heavy atom. The number of likely N-dealkylation sites (tertiary alicyclic amines) is 1. The van der Waals surface area contributed by atoms with Crippen molar-refractivity contribution in [1.82, 2.24) is 25.4 Å². The number of aryl methyl sites for hydroxylation is 2. The number of nitrogens with one attached hydrogen (secondary N) is 1. The molecule has 3 aliphatic heterocycles. The Labute approximate surface area is 229 Å². The van der Waals surface area contributed by atoms with Gasteiger partial charge in [0.1, 0.15) is 29.7 Å². The highest BCUT2D eigenvalue weighted by atomic mass is 16.5. The SMILES string of the molecule is Cc1cc(-c2onc(C)c2C(=O)N2CCCC[C@H]2COc2ccc3c(c2)CN(C2CCC(=O)NC2=O)C3=O)no1. The number of hydrogen-bond donors (Lipinski definition) is 1. The lowest BCUT2D eigenvalue weighted by Crippen LogP contribution is -2.52. The average molecular weight is 548 g/mol. The van der Waals surface area contributed by atoms with Gasteiger partial charge in [-0.2, -0.15) is 0 Å². The van der Waals surface area contributed by atoms with Crippen molar-refractivity contribution in [3.8, 4) is 17.2 Å². The summed E-state index contributed by atoms with van der Waals surface area (Å²) in [4.78, 5) is 53.9. The van der Waals surface area contributed by atoms with Crippen LogP contribution in [0.3, 0.4) is 0 Å². The van der Waals surface area contributed by atoms with Gasteiger partial charge in [0.25, 0.3) is 11.8 Å². The predicted molar refractivity (Wildman–Crippen MR) is 138 cm³/mol. The van der Waals surface area contributed by atoms with Gasteiger partial charge in [-0.25, -0.2) is 0 Å². The second-order valence-electron chi connectivity index (χ2n) is 10.5. The van der Waals surface area contributed by atoms with E-state index in [2.05, 4.69) is 15.6 Å². The second-order valence-corrected chi connectivity index (χ2v) is 10.5. The molecule has 12 nitrogen and oxygen atoms in total. The van der Waals surface area contributed by atoms with Crippen molar-refractivity contribution < 1.29 is 33.0 Å². The fraction of sp³-hybridized carbons (Fsp3) is 0.429. The van der Waals surface area contributed by atoms with Crippen LogP contribution in [0.15, 0.2) is 33.3 Å². The molecule has 2 fully saturated rings. The Morgan fingerprint density at radius 1 is 1.10 bits per heavy atom. The van der Waals surface area contributed by atoms with E-state index in [1.54, 1.807) is 36.9 Å². The number of ether oxygens (including phenoxy) is 1. The van der Waals surface area contributed by atoms with Crippen LogP contribution in [0.4, 0.5) is 0 Å². The number of amides is 4. The van der Waals surface area contributed by atoms with Crippen molar-refractivity contribution in [2.45, 2.75) is 64.6 Å². The lowest BCUT2D eigenvalue weighted by molar-refractivity contribution is -0.136. The van der Waals surface area contributed by atoms with Gasteiger partial charge in [-0.3, -0.25) is 24.5 Å². The number of piperidine rings is 2. The molecule has 0 aliphatic carbocycles. The van der Waals surface area contributed by atoms with Gasteiger partial charge < -0.3 is 23.6 Å². The summed E-state index contributed by atoms with van der Waals surface area (Å²) in [5.41, 5.74) is 2.55. The number of hydrogen-bond acceptors (Lipinski definition) is 9. The predicted octanol–water partition coefficient (Wildman–Crippen LogP) is 2.78. The van der Waals surface area contributed by atoms with Crippen molar-refractivity contribution in [3.05, 3.63) is 52.4 Å². The average Bonchev–Trinajstić information content (AvgIpc) is 3.64. The molecular formula is C28H29N5O7. The third-order valence-electron chi connectivity index (χ3n) is 7.76. The summed E-state index contributed by atoms with van der Waals surface area (Å²) in [6, 6.07) is 6.11. The largest absolute Gasteiger partial charge is 0.491 e. The summed E-state index contributed by atoms with van der Waals surface area (Å²) >= 11 is 0. The highest BCUT2D eigenvalue weighted by molar-refractivity contribution is 6.05. The number of fused-ring (bicyclic) bond motifs is 1. The molecule has 3 aromatic rings. The molecule has 12 heteroatoms. The molecule has 1 unspecified atom stereocenters. The van der Waals surface area contributed by atoms with Crippen LogP contribution in [0, 0.1) is 13.8 Å². The molecule has 2 aromatic heterocycles. The number of carbonyl (C=O) groups excluding carboxylic acids is 4. The third-order valence-corrected chi connectivity index (χ3v) is 7.76. The number of benzene rings is 1. The highest BCUT2D eigenvalue weighted by Gasteiger charge is 2.39. The molecular weight excluding hydrogens is 518 g/mol. The first-order valence-electron chi connectivity index (χ1n) is 13.4. The van der Waals surface area contributed by atoms with Crippen molar-refractivity contribution in [3.63, 3.8) is 0 Å². The molecule has 0 saturated carbocycles. The second kappa shape index (κ2) is 10.2. The molecule has 2 saturated heterocycles. The van der Waals surface area contributed by atoms with E-state index < -0.39 is 11.9 Å². The van der Waals surface area contributed by atoms with E-state index in [-0.39, 0.29) is 49.1 Å². The molecule has 6 rings (SSSR count). The first kappa shape index (κ1) is 25.8. The molecule has 1 aromatic carbocycles. The van der Waals surface area contributed by atoms with Crippen LogP contribution in [0.2, 0.25) is 0 Å². The molecule has 208 valence electrons. The maximum absolute atomic E-state index is 13.7. The minimum Gasteiger partial charge on any atom is -0.491 e. The zero-order valence-electron chi connectivity index (χ0n) is 22.3. The molecule has 1 N–H and O–H groups in total. The van der Waals surface area contributed by atoms with E-state index in [0.717, 1.165) is 24.8 Å². The van der Waals surface area contributed by atoms with Crippen LogP contribution in [-0.2, 0) is 16.1 Å². The summed E-state index contributed by atoms with van der Waals surface area (Å²) in [5.74, 6) is 0.274. The monoisotopic (exact) mass is 547 g/mol. The third kappa shape index (κ3) is 4.63. The van der Waals surface area contributed by atoms with Crippen LogP contribution in [0.1, 0.15) is 69.8 Å². The quantitative estimate of drug-likeness (QED) is 0.460. The lowest BCUT2D eigenvalue weighted by Gasteiger charge is -2.35. The minimum absolute atomic E-state index is 0.169. The van der Waals surface area contributed by atoms with E-state index in [1.165, 1.54) is 4.90 Å².